The Morgan fingerprint density at radius 1 is 1.12 bits per heavy atom. The molecule has 0 radical (unpaired) electrons. The number of benzene rings is 2. The van der Waals surface area contributed by atoms with Crippen molar-refractivity contribution >= 4 is 23.5 Å². The van der Waals surface area contributed by atoms with Crippen LogP contribution in [0.2, 0.25) is 5.02 Å². The van der Waals surface area contributed by atoms with Gasteiger partial charge in [0.25, 0.3) is 5.91 Å². The van der Waals surface area contributed by atoms with Gasteiger partial charge in [-0.05, 0) is 30.2 Å². The fourth-order valence-electron chi connectivity index (χ4n) is 2.80. The number of hydrogen-bond acceptors (Lipinski definition) is 3. The minimum absolute atomic E-state index is 0.0993. The Bertz CT molecular complexity index is 764. The van der Waals surface area contributed by atoms with Gasteiger partial charge < -0.3 is 10.4 Å². The number of nitrogens with one attached hydrogen (secondary N) is 1. The molecule has 3 rings (SSSR count). The fourth-order valence-corrected chi connectivity index (χ4v) is 2.92. The zero-order valence-corrected chi connectivity index (χ0v) is 13.8. The standard InChI is InChI=1S/C18H17ClN2O3/c1-18(13-7-9-14(19)10-8-13)16(23)21(17(24)20-18)11-15(22)12-5-3-2-4-6-12/h2-10,15,22H,11H2,1H3,(H,20,24). The van der Waals surface area contributed by atoms with Gasteiger partial charge in [-0.3, -0.25) is 9.69 Å². The van der Waals surface area contributed by atoms with E-state index in [1.807, 2.05) is 6.07 Å². The molecule has 5 nitrogen and oxygen atoms in total. The first kappa shape index (κ1) is 16.5. The van der Waals surface area contributed by atoms with Gasteiger partial charge >= 0.3 is 6.03 Å². The van der Waals surface area contributed by atoms with E-state index in [0.717, 1.165) is 4.90 Å². The Balaban J connectivity index is 1.82. The lowest BCUT2D eigenvalue weighted by molar-refractivity contribution is -0.132. The molecule has 0 aromatic heterocycles. The number of urea groups is 1. The summed E-state index contributed by atoms with van der Waals surface area (Å²) in [5.41, 5.74) is 0.123. The van der Waals surface area contributed by atoms with Crippen LogP contribution in [0.25, 0.3) is 0 Å². The summed E-state index contributed by atoms with van der Waals surface area (Å²) in [6.45, 7) is 1.54. The zero-order valence-electron chi connectivity index (χ0n) is 13.1. The average molecular weight is 345 g/mol. The number of rotatable bonds is 4. The minimum Gasteiger partial charge on any atom is -0.387 e. The summed E-state index contributed by atoms with van der Waals surface area (Å²) in [7, 11) is 0. The van der Waals surface area contributed by atoms with Crippen molar-refractivity contribution in [1.82, 2.24) is 10.2 Å². The molecule has 2 unspecified atom stereocenters. The van der Waals surface area contributed by atoms with Crippen LogP contribution in [0.3, 0.4) is 0 Å². The van der Waals surface area contributed by atoms with Crippen LogP contribution >= 0.6 is 11.6 Å². The molecule has 0 aliphatic carbocycles. The Labute approximate surface area is 144 Å². The largest absolute Gasteiger partial charge is 0.387 e. The molecule has 1 saturated heterocycles. The maximum atomic E-state index is 12.8. The highest BCUT2D eigenvalue weighted by Gasteiger charge is 2.49. The van der Waals surface area contributed by atoms with Crippen molar-refractivity contribution in [3.8, 4) is 0 Å². The first-order valence-electron chi connectivity index (χ1n) is 7.55. The van der Waals surface area contributed by atoms with Crippen LogP contribution in [-0.4, -0.2) is 28.5 Å². The van der Waals surface area contributed by atoms with Gasteiger partial charge in [-0.1, -0.05) is 54.1 Å². The van der Waals surface area contributed by atoms with Crippen molar-refractivity contribution in [1.29, 1.82) is 0 Å². The number of imide groups is 1. The van der Waals surface area contributed by atoms with Crippen LogP contribution in [0, 0.1) is 0 Å². The number of aliphatic hydroxyl groups excluding tert-OH is 1. The maximum Gasteiger partial charge on any atom is 0.325 e. The van der Waals surface area contributed by atoms with Gasteiger partial charge in [-0.15, -0.1) is 0 Å². The maximum absolute atomic E-state index is 12.8. The Hall–Kier alpha value is -2.37. The topological polar surface area (TPSA) is 69.6 Å². The van der Waals surface area contributed by atoms with E-state index in [-0.39, 0.29) is 6.54 Å². The summed E-state index contributed by atoms with van der Waals surface area (Å²) >= 11 is 5.88. The van der Waals surface area contributed by atoms with Gasteiger partial charge in [-0.2, -0.15) is 0 Å². The van der Waals surface area contributed by atoms with Gasteiger partial charge in [0, 0.05) is 5.02 Å². The molecule has 0 saturated carbocycles. The molecule has 1 fully saturated rings. The molecule has 0 spiro atoms. The SMILES string of the molecule is CC1(c2ccc(Cl)cc2)NC(=O)N(CC(O)c2ccccc2)C1=O. The summed E-state index contributed by atoms with van der Waals surface area (Å²) in [5, 5.41) is 13.6. The Morgan fingerprint density at radius 3 is 2.38 bits per heavy atom. The van der Waals surface area contributed by atoms with Crippen molar-refractivity contribution in [2.75, 3.05) is 6.54 Å². The third kappa shape index (κ3) is 2.88. The molecule has 3 amide bonds. The fraction of sp³-hybridized carbons (Fsp3) is 0.222. The third-order valence-electron chi connectivity index (χ3n) is 4.24. The number of nitrogens with zero attached hydrogens (tertiary/aromatic N) is 1. The lowest BCUT2D eigenvalue weighted by atomic mass is 9.92. The normalized spacial score (nSPS) is 21.7. The van der Waals surface area contributed by atoms with Crippen LogP contribution in [-0.2, 0) is 10.3 Å². The van der Waals surface area contributed by atoms with E-state index in [0.29, 0.717) is 16.1 Å². The molecule has 1 aliphatic heterocycles. The second-order valence-corrected chi connectivity index (χ2v) is 6.34. The van der Waals surface area contributed by atoms with E-state index in [1.54, 1.807) is 55.5 Å². The van der Waals surface area contributed by atoms with Crippen molar-refractivity contribution in [2.45, 2.75) is 18.6 Å². The first-order valence-corrected chi connectivity index (χ1v) is 7.93. The second kappa shape index (κ2) is 6.26. The number of β-amino-alcohol motifs (C(OH)–C–C–N with tert-alkyl or cyclic N) is 1. The van der Waals surface area contributed by atoms with E-state index >= 15 is 0 Å². The third-order valence-corrected chi connectivity index (χ3v) is 4.49. The number of halogens is 1. The van der Waals surface area contributed by atoms with Crippen LogP contribution in [0.5, 0.6) is 0 Å². The van der Waals surface area contributed by atoms with E-state index in [2.05, 4.69) is 5.32 Å². The number of aliphatic hydroxyl groups is 1. The molecular formula is C18H17ClN2O3. The van der Waals surface area contributed by atoms with Gasteiger partial charge in [0.2, 0.25) is 0 Å². The van der Waals surface area contributed by atoms with Crippen LogP contribution in [0.15, 0.2) is 54.6 Å². The van der Waals surface area contributed by atoms with E-state index in [9.17, 15) is 14.7 Å². The highest BCUT2D eigenvalue weighted by molar-refractivity contribution is 6.30. The van der Waals surface area contributed by atoms with Crippen LogP contribution in [0.1, 0.15) is 24.2 Å². The van der Waals surface area contributed by atoms with E-state index < -0.39 is 23.6 Å². The molecule has 2 aromatic rings. The highest BCUT2D eigenvalue weighted by atomic mass is 35.5. The molecule has 1 aliphatic rings. The smallest absolute Gasteiger partial charge is 0.325 e. The molecule has 2 atom stereocenters. The zero-order chi connectivity index (χ0) is 17.3. The molecule has 124 valence electrons. The van der Waals surface area contributed by atoms with Gasteiger partial charge in [0.05, 0.1) is 12.6 Å². The number of carbonyl (C=O) groups is 2. The van der Waals surface area contributed by atoms with Crippen molar-refractivity contribution in [3.63, 3.8) is 0 Å². The summed E-state index contributed by atoms with van der Waals surface area (Å²) in [6.07, 6.45) is -0.937. The average Bonchev–Trinajstić information content (AvgIpc) is 2.80. The highest BCUT2D eigenvalue weighted by Crippen LogP contribution is 2.30. The summed E-state index contributed by atoms with van der Waals surface area (Å²) in [6, 6.07) is 15.2. The van der Waals surface area contributed by atoms with Crippen molar-refractivity contribution < 1.29 is 14.7 Å². The van der Waals surface area contributed by atoms with Crippen LogP contribution < -0.4 is 5.32 Å². The number of hydrogen-bond donors (Lipinski definition) is 2. The second-order valence-electron chi connectivity index (χ2n) is 5.90. The molecule has 0 bridgehead atoms. The van der Waals surface area contributed by atoms with E-state index in [4.69, 9.17) is 11.6 Å². The minimum atomic E-state index is -1.17. The molecule has 2 N–H and O–H groups in total. The van der Waals surface area contributed by atoms with Gasteiger partial charge in [0.15, 0.2) is 0 Å². The summed E-state index contributed by atoms with van der Waals surface area (Å²) in [5.74, 6) is -0.398. The monoisotopic (exact) mass is 344 g/mol. The lowest BCUT2D eigenvalue weighted by Crippen LogP contribution is -2.41. The summed E-state index contributed by atoms with van der Waals surface area (Å²) in [4.78, 5) is 26.1. The molecule has 6 heteroatoms. The van der Waals surface area contributed by atoms with Crippen molar-refractivity contribution in [3.05, 3.63) is 70.7 Å². The Morgan fingerprint density at radius 2 is 1.75 bits per heavy atom. The molecule has 1 heterocycles. The first-order chi connectivity index (χ1) is 11.4. The quantitative estimate of drug-likeness (QED) is 0.838. The van der Waals surface area contributed by atoms with Gasteiger partial charge in [-0.25, -0.2) is 4.79 Å². The molecule has 2 aromatic carbocycles. The lowest BCUT2D eigenvalue weighted by Gasteiger charge is -2.23. The summed E-state index contributed by atoms with van der Waals surface area (Å²) < 4.78 is 0. The van der Waals surface area contributed by atoms with Crippen LogP contribution in [0.4, 0.5) is 4.79 Å². The number of carbonyl (C=O) groups excluding carboxylic acids is 2. The predicted octanol–water partition coefficient (Wildman–Crippen LogP) is 2.84. The molecule has 24 heavy (non-hydrogen) atoms. The number of amides is 3. The molecular weight excluding hydrogens is 328 g/mol. The van der Waals surface area contributed by atoms with E-state index in [1.165, 1.54) is 0 Å². The Kier molecular flexibility index (Phi) is 4.30. The van der Waals surface area contributed by atoms with Crippen molar-refractivity contribution in [2.24, 2.45) is 0 Å². The van der Waals surface area contributed by atoms with Gasteiger partial charge in [0.1, 0.15) is 5.54 Å². The predicted molar refractivity (Wildman–Crippen MR) is 90.5 cm³/mol.